The molecular weight excluding hydrogens is 364 g/mol. The first-order chi connectivity index (χ1) is 13.9. The predicted octanol–water partition coefficient (Wildman–Crippen LogP) is 4.59. The van der Waals surface area contributed by atoms with Crippen LogP contribution in [-0.4, -0.2) is 49.7 Å². The summed E-state index contributed by atoms with van der Waals surface area (Å²) in [6.07, 6.45) is 6.37. The van der Waals surface area contributed by atoms with Gasteiger partial charge < -0.3 is 14.8 Å². The SMILES string of the molecule is CCN1CCCC1CNC(=O)c1ccc(OCC=C(C)C)c(OCC=C(C)C)c1. The van der Waals surface area contributed by atoms with Crippen LogP contribution in [0.2, 0.25) is 0 Å². The van der Waals surface area contributed by atoms with E-state index in [0.29, 0.717) is 42.9 Å². The number of allylic oxidation sites excluding steroid dienone is 2. The van der Waals surface area contributed by atoms with E-state index in [0.717, 1.165) is 19.5 Å². The number of likely N-dealkylation sites (N-methyl/N-ethyl adjacent to an activating group) is 1. The zero-order valence-corrected chi connectivity index (χ0v) is 18.6. The Morgan fingerprint density at radius 3 is 2.38 bits per heavy atom. The molecule has 1 aromatic carbocycles. The van der Waals surface area contributed by atoms with Crippen LogP contribution in [0.1, 0.15) is 57.8 Å². The molecule has 1 N–H and O–H groups in total. The molecule has 1 fully saturated rings. The number of nitrogens with one attached hydrogen (secondary N) is 1. The number of carbonyl (C=O) groups excluding carboxylic acids is 1. The standard InChI is InChI=1S/C24H36N2O3/c1-6-26-13-7-8-21(26)17-25-24(27)20-9-10-22(28-14-11-18(2)3)23(16-20)29-15-12-19(4)5/h9-12,16,21H,6-8,13-15,17H2,1-5H3,(H,25,27). The number of carbonyl (C=O) groups is 1. The number of ether oxygens (including phenoxy) is 2. The lowest BCUT2D eigenvalue weighted by molar-refractivity contribution is 0.0941. The molecule has 2 rings (SSSR count). The Kier molecular flexibility index (Phi) is 9.26. The zero-order chi connectivity index (χ0) is 21.2. The average molecular weight is 401 g/mol. The maximum atomic E-state index is 12.7. The molecule has 1 saturated heterocycles. The first-order valence-corrected chi connectivity index (χ1v) is 10.6. The summed E-state index contributed by atoms with van der Waals surface area (Å²) in [5.74, 6) is 1.17. The highest BCUT2D eigenvalue weighted by Crippen LogP contribution is 2.29. The minimum Gasteiger partial charge on any atom is -0.486 e. The molecule has 5 nitrogen and oxygen atoms in total. The van der Waals surface area contributed by atoms with Crippen molar-refractivity contribution < 1.29 is 14.3 Å². The van der Waals surface area contributed by atoms with E-state index in [9.17, 15) is 4.79 Å². The highest BCUT2D eigenvalue weighted by molar-refractivity contribution is 5.94. The Hall–Kier alpha value is -2.27. The van der Waals surface area contributed by atoms with E-state index in [4.69, 9.17) is 9.47 Å². The van der Waals surface area contributed by atoms with Crippen molar-refractivity contribution >= 4 is 5.91 Å². The first kappa shape index (κ1) is 23.0. The van der Waals surface area contributed by atoms with Crippen molar-refractivity contribution in [2.45, 2.75) is 53.5 Å². The highest BCUT2D eigenvalue weighted by atomic mass is 16.5. The average Bonchev–Trinajstić information content (AvgIpc) is 3.14. The molecule has 0 aliphatic carbocycles. The summed E-state index contributed by atoms with van der Waals surface area (Å²) in [6.45, 7) is 14.0. The molecule has 1 atom stereocenters. The molecule has 29 heavy (non-hydrogen) atoms. The largest absolute Gasteiger partial charge is 0.486 e. The normalized spacial score (nSPS) is 16.2. The van der Waals surface area contributed by atoms with Crippen LogP contribution in [0.15, 0.2) is 41.5 Å². The quantitative estimate of drug-likeness (QED) is 0.584. The maximum Gasteiger partial charge on any atom is 0.251 e. The number of hydrogen-bond acceptors (Lipinski definition) is 4. The van der Waals surface area contributed by atoms with E-state index >= 15 is 0 Å². The summed E-state index contributed by atoms with van der Waals surface area (Å²) >= 11 is 0. The van der Waals surface area contributed by atoms with E-state index in [1.807, 2.05) is 45.9 Å². The van der Waals surface area contributed by atoms with Crippen molar-refractivity contribution in [2.24, 2.45) is 0 Å². The van der Waals surface area contributed by atoms with Gasteiger partial charge in [0.25, 0.3) is 5.91 Å². The van der Waals surface area contributed by atoms with Crippen LogP contribution in [0.25, 0.3) is 0 Å². The van der Waals surface area contributed by atoms with E-state index in [1.165, 1.54) is 17.6 Å². The van der Waals surface area contributed by atoms with Gasteiger partial charge in [-0.15, -0.1) is 0 Å². The fraction of sp³-hybridized carbons (Fsp3) is 0.542. The van der Waals surface area contributed by atoms with E-state index in [-0.39, 0.29) is 5.91 Å². The van der Waals surface area contributed by atoms with Gasteiger partial charge in [0.1, 0.15) is 13.2 Å². The molecule has 1 aliphatic heterocycles. The maximum absolute atomic E-state index is 12.7. The Morgan fingerprint density at radius 2 is 1.76 bits per heavy atom. The molecule has 0 saturated carbocycles. The number of nitrogens with zero attached hydrogens (tertiary/aromatic N) is 1. The van der Waals surface area contributed by atoms with Crippen molar-refractivity contribution in [3.05, 3.63) is 47.1 Å². The van der Waals surface area contributed by atoms with Gasteiger partial charge in [-0.3, -0.25) is 9.69 Å². The van der Waals surface area contributed by atoms with Gasteiger partial charge >= 0.3 is 0 Å². The summed E-state index contributed by atoms with van der Waals surface area (Å²) in [6, 6.07) is 5.83. The summed E-state index contributed by atoms with van der Waals surface area (Å²) < 4.78 is 11.7. The zero-order valence-electron chi connectivity index (χ0n) is 18.6. The van der Waals surface area contributed by atoms with Gasteiger partial charge in [-0.2, -0.15) is 0 Å². The fourth-order valence-electron chi connectivity index (χ4n) is 3.33. The monoisotopic (exact) mass is 400 g/mol. The van der Waals surface area contributed by atoms with Gasteiger partial charge in [0, 0.05) is 18.2 Å². The summed E-state index contributed by atoms with van der Waals surface area (Å²) in [7, 11) is 0. The molecule has 160 valence electrons. The lowest BCUT2D eigenvalue weighted by Crippen LogP contribution is -2.40. The van der Waals surface area contributed by atoms with Crippen molar-refractivity contribution in [3.63, 3.8) is 0 Å². The number of rotatable bonds is 10. The minimum atomic E-state index is -0.0733. The smallest absolute Gasteiger partial charge is 0.251 e. The van der Waals surface area contributed by atoms with Crippen LogP contribution in [0, 0.1) is 0 Å². The number of benzene rings is 1. The molecule has 1 amide bonds. The lowest BCUT2D eigenvalue weighted by atomic mass is 10.1. The van der Waals surface area contributed by atoms with Gasteiger partial charge in [-0.05, 0) is 84.0 Å². The van der Waals surface area contributed by atoms with Crippen LogP contribution >= 0.6 is 0 Å². The molecule has 0 radical (unpaired) electrons. The summed E-state index contributed by atoms with van der Waals surface area (Å²) in [4.78, 5) is 15.1. The number of hydrogen-bond donors (Lipinski definition) is 1. The van der Waals surface area contributed by atoms with Crippen LogP contribution in [0.5, 0.6) is 11.5 Å². The van der Waals surface area contributed by atoms with E-state index in [2.05, 4.69) is 17.1 Å². The molecule has 5 heteroatoms. The van der Waals surface area contributed by atoms with Crippen LogP contribution in [0.3, 0.4) is 0 Å². The van der Waals surface area contributed by atoms with Crippen molar-refractivity contribution in [1.29, 1.82) is 0 Å². The second-order valence-electron chi connectivity index (χ2n) is 7.98. The molecule has 1 aliphatic rings. The van der Waals surface area contributed by atoms with E-state index in [1.54, 1.807) is 12.1 Å². The van der Waals surface area contributed by atoms with Gasteiger partial charge in [-0.25, -0.2) is 0 Å². The number of amides is 1. The molecule has 1 heterocycles. The third-order valence-electron chi connectivity index (χ3n) is 5.07. The van der Waals surface area contributed by atoms with Gasteiger partial charge in [0.05, 0.1) is 0 Å². The minimum absolute atomic E-state index is 0.0733. The van der Waals surface area contributed by atoms with Gasteiger partial charge in [-0.1, -0.05) is 18.1 Å². The Morgan fingerprint density at radius 1 is 1.10 bits per heavy atom. The van der Waals surface area contributed by atoms with Crippen LogP contribution < -0.4 is 14.8 Å². The predicted molar refractivity (Wildman–Crippen MR) is 119 cm³/mol. The molecule has 0 aromatic heterocycles. The molecule has 0 bridgehead atoms. The van der Waals surface area contributed by atoms with Crippen LogP contribution in [-0.2, 0) is 0 Å². The molecule has 0 spiro atoms. The first-order valence-electron chi connectivity index (χ1n) is 10.6. The summed E-state index contributed by atoms with van der Waals surface area (Å²) in [5.41, 5.74) is 2.97. The number of likely N-dealkylation sites (tertiary alicyclic amines) is 1. The second-order valence-corrected chi connectivity index (χ2v) is 7.98. The van der Waals surface area contributed by atoms with Crippen molar-refractivity contribution in [2.75, 3.05) is 32.8 Å². The molecular formula is C24H36N2O3. The van der Waals surface area contributed by atoms with E-state index < -0.39 is 0 Å². The molecule has 1 unspecified atom stereocenters. The van der Waals surface area contributed by atoms with Crippen molar-refractivity contribution in [1.82, 2.24) is 10.2 Å². The third-order valence-corrected chi connectivity index (χ3v) is 5.07. The van der Waals surface area contributed by atoms with Gasteiger partial charge in [0.15, 0.2) is 11.5 Å². The molecule has 1 aromatic rings. The van der Waals surface area contributed by atoms with Crippen molar-refractivity contribution in [3.8, 4) is 11.5 Å². The van der Waals surface area contributed by atoms with Gasteiger partial charge in [0.2, 0.25) is 0 Å². The Bertz CT molecular complexity index is 732. The second kappa shape index (κ2) is 11.7. The highest BCUT2D eigenvalue weighted by Gasteiger charge is 2.23. The third kappa shape index (κ3) is 7.58. The summed E-state index contributed by atoms with van der Waals surface area (Å²) in [5, 5.41) is 3.09. The topological polar surface area (TPSA) is 50.8 Å². The fourth-order valence-corrected chi connectivity index (χ4v) is 3.33. The lowest BCUT2D eigenvalue weighted by Gasteiger charge is -2.23. The van der Waals surface area contributed by atoms with Crippen LogP contribution in [0.4, 0.5) is 0 Å². The Labute approximate surface area is 175 Å². The Balaban J connectivity index is 2.06.